The first-order valence-electron chi connectivity index (χ1n) is 19.2. The number of allylic oxidation sites excluding steroid dienone is 2. The van der Waals surface area contributed by atoms with Crippen molar-refractivity contribution in [2.45, 2.75) is 206 Å². The van der Waals surface area contributed by atoms with Gasteiger partial charge in [-0.25, -0.2) is 0 Å². The van der Waals surface area contributed by atoms with Crippen LogP contribution in [0.25, 0.3) is 0 Å². The molecule has 0 rings (SSSR count). The second-order valence-corrected chi connectivity index (χ2v) is 15.6. The number of unbranched alkanes of at least 4 members (excludes halogenated alkanes) is 24. The van der Waals surface area contributed by atoms with Crippen molar-refractivity contribution < 1.29 is 14.4 Å². The quantitative estimate of drug-likeness (QED) is 0.0335. The largest absolute Gasteiger partial charge is 0.471 e. The molecule has 2 unspecified atom stereocenters. The summed E-state index contributed by atoms with van der Waals surface area (Å²) in [4.78, 5) is 12.8. The molecule has 0 radical (unpaired) electrons. The minimum absolute atomic E-state index is 0.0161. The maximum absolute atomic E-state index is 12.8. The molecule has 0 aliphatic rings. The molecule has 0 fully saturated rings. The van der Waals surface area contributed by atoms with E-state index in [4.69, 9.17) is 0 Å². The fourth-order valence-electron chi connectivity index (χ4n) is 5.98. The predicted molar refractivity (Wildman–Crippen MR) is 194 cm³/mol. The van der Waals surface area contributed by atoms with E-state index in [-0.39, 0.29) is 11.6 Å². The highest BCUT2D eigenvalue weighted by Gasteiger charge is 2.27. The summed E-state index contributed by atoms with van der Waals surface area (Å²) in [6.07, 6.45) is 41.3. The molecule has 0 aromatic rings. The van der Waals surface area contributed by atoms with Gasteiger partial charge in [-0.1, -0.05) is 167 Å². The first-order valence-corrected chi connectivity index (χ1v) is 20.3. The Bertz CT molecular complexity index is 615. The minimum atomic E-state index is -0.826. The third-order valence-corrected chi connectivity index (χ3v) is 10.8. The van der Waals surface area contributed by atoms with Crippen LogP contribution in [0.4, 0.5) is 0 Å². The van der Waals surface area contributed by atoms with Crippen LogP contribution >= 0.6 is 8.58 Å². The average Bonchev–Trinajstić information content (AvgIpc) is 2.97. The van der Waals surface area contributed by atoms with E-state index in [0.717, 1.165) is 19.0 Å². The van der Waals surface area contributed by atoms with E-state index in [9.17, 15) is 9.90 Å². The number of carbonyl (C=O) groups is 1. The number of nitrogens with zero attached hydrogens (tertiary/aromatic N) is 1. The molecule has 1 N–H and O–H groups in total. The monoisotopic (exact) mass is 624 g/mol. The summed E-state index contributed by atoms with van der Waals surface area (Å²) in [6.45, 7) is 4.56. The molecule has 0 amide bonds. The van der Waals surface area contributed by atoms with Crippen molar-refractivity contribution in [2.24, 2.45) is 0 Å². The Kier molecular flexibility index (Phi) is 31.6. The SMILES string of the molecule is CCCCCCCC/C=C\CCCCCCCC[P-]C(C(O)C(=O)CCCCCCCCCCCCCCC)[N+](C)(C)C. The molecule has 4 heteroatoms. The molecule has 0 spiro atoms. The van der Waals surface area contributed by atoms with Crippen LogP contribution < -0.4 is 0 Å². The van der Waals surface area contributed by atoms with Crippen molar-refractivity contribution in [2.75, 3.05) is 27.3 Å². The number of rotatable bonds is 34. The molecule has 43 heavy (non-hydrogen) atoms. The number of ketones is 1. The van der Waals surface area contributed by atoms with Crippen LogP contribution in [0.2, 0.25) is 0 Å². The van der Waals surface area contributed by atoms with E-state index in [0.29, 0.717) is 10.9 Å². The molecule has 3 nitrogen and oxygen atoms in total. The lowest BCUT2D eigenvalue weighted by molar-refractivity contribution is -0.883. The zero-order chi connectivity index (χ0) is 31.9. The van der Waals surface area contributed by atoms with E-state index in [1.165, 1.54) is 169 Å². The summed E-state index contributed by atoms with van der Waals surface area (Å²) >= 11 is 0. The van der Waals surface area contributed by atoms with Gasteiger partial charge in [0.05, 0.1) is 21.1 Å². The maximum atomic E-state index is 12.8. The second-order valence-electron chi connectivity index (χ2n) is 14.3. The van der Waals surface area contributed by atoms with Gasteiger partial charge in [-0.15, -0.1) is 0 Å². The van der Waals surface area contributed by atoms with E-state index in [1.807, 2.05) is 0 Å². The zero-order valence-electron chi connectivity index (χ0n) is 30.1. The molecule has 0 bridgehead atoms. The molecule has 256 valence electrons. The van der Waals surface area contributed by atoms with Gasteiger partial charge in [-0.3, -0.25) is 4.79 Å². The van der Waals surface area contributed by atoms with Crippen molar-refractivity contribution >= 4 is 14.4 Å². The van der Waals surface area contributed by atoms with Crippen LogP contribution in [0.5, 0.6) is 0 Å². The lowest BCUT2D eigenvalue weighted by Gasteiger charge is -2.45. The highest BCUT2D eigenvalue weighted by Crippen LogP contribution is 2.30. The molecule has 2 atom stereocenters. The molecule has 0 heterocycles. The molecule has 0 aliphatic heterocycles. The number of hydrogen-bond acceptors (Lipinski definition) is 2. The Morgan fingerprint density at radius 2 is 0.907 bits per heavy atom. The predicted octanol–water partition coefficient (Wildman–Crippen LogP) is 12.4. The van der Waals surface area contributed by atoms with Gasteiger partial charge < -0.3 is 18.2 Å². The van der Waals surface area contributed by atoms with Crippen molar-refractivity contribution in [3.63, 3.8) is 0 Å². The summed E-state index contributed by atoms with van der Waals surface area (Å²) in [7, 11) is 7.61. The van der Waals surface area contributed by atoms with Crippen LogP contribution in [0.3, 0.4) is 0 Å². The Balaban J connectivity index is 3.82. The Hall–Kier alpha value is -0.240. The highest BCUT2D eigenvalue weighted by molar-refractivity contribution is 7.38. The first kappa shape index (κ1) is 42.8. The normalized spacial score (nSPS) is 13.9. The topological polar surface area (TPSA) is 37.3 Å². The van der Waals surface area contributed by atoms with Crippen molar-refractivity contribution in [1.29, 1.82) is 0 Å². The Morgan fingerprint density at radius 1 is 0.558 bits per heavy atom. The number of aliphatic hydroxyl groups excluding tert-OH is 1. The molecule has 0 saturated carbocycles. The molecule has 0 aromatic carbocycles. The third-order valence-electron chi connectivity index (χ3n) is 8.92. The number of aliphatic hydroxyl groups is 1. The van der Waals surface area contributed by atoms with Gasteiger partial charge in [0.15, 0.2) is 5.78 Å². The van der Waals surface area contributed by atoms with Gasteiger partial charge in [-0.05, 0) is 37.9 Å². The van der Waals surface area contributed by atoms with Crippen molar-refractivity contribution in [3.05, 3.63) is 12.2 Å². The highest BCUT2D eigenvalue weighted by atomic mass is 31.1. The molecular formula is C39H78NO2P. The Labute approximate surface area is 273 Å². The van der Waals surface area contributed by atoms with Crippen LogP contribution in [0, 0.1) is 0 Å². The average molecular weight is 624 g/mol. The van der Waals surface area contributed by atoms with Crippen LogP contribution in [0.1, 0.15) is 194 Å². The zero-order valence-corrected chi connectivity index (χ0v) is 31.0. The van der Waals surface area contributed by atoms with E-state index in [2.05, 4.69) is 47.1 Å². The summed E-state index contributed by atoms with van der Waals surface area (Å²) in [5.74, 6) is 0.0484. The van der Waals surface area contributed by atoms with Gasteiger partial charge in [-0.2, -0.15) is 6.16 Å². The van der Waals surface area contributed by atoms with Crippen molar-refractivity contribution in [3.8, 4) is 0 Å². The van der Waals surface area contributed by atoms with Gasteiger partial charge in [0.2, 0.25) is 0 Å². The van der Waals surface area contributed by atoms with Crippen LogP contribution in [-0.4, -0.2) is 54.6 Å². The molecule has 0 aliphatic carbocycles. The molecule has 0 saturated heterocycles. The van der Waals surface area contributed by atoms with E-state index in [1.54, 1.807) is 0 Å². The third kappa shape index (κ3) is 28.9. The van der Waals surface area contributed by atoms with E-state index < -0.39 is 6.10 Å². The fourth-order valence-corrected chi connectivity index (χ4v) is 7.51. The summed E-state index contributed by atoms with van der Waals surface area (Å²) in [6, 6.07) is 0. The van der Waals surface area contributed by atoms with Crippen molar-refractivity contribution in [1.82, 2.24) is 0 Å². The number of hydrogen-bond donors (Lipinski definition) is 1. The number of quaternary nitrogens is 1. The van der Waals surface area contributed by atoms with E-state index >= 15 is 0 Å². The number of carbonyl (C=O) groups excluding carboxylic acids is 1. The first-order chi connectivity index (χ1) is 20.8. The van der Waals surface area contributed by atoms with Crippen LogP contribution in [-0.2, 0) is 4.79 Å². The van der Waals surface area contributed by atoms with Crippen LogP contribution in [0.15, 0.2) is 12.2 Å². The smallest absolute Gasteiger partial charge is 0.164 e. The minimum Gasteiger partial charge on any atom is -0.471 e. The molecule has 0 aromatic heterocycles. The lowest BCUT2D eigenvalue weighted by Crippen LogP contribution is -2.51. The van der Waals surface area contributed by atoms with Gasteiger partial charge in [0.25, 0.3) is 0 Å². The number of Topliss-reactive ketones (excluding diaryl/α,β-unsaturated/α-hetero) is 1. The lowest BCUT2D eigenvalue weighted by atomic mass is 10.0. The van der Waals surface area contributed by atoms with Gasteiger partial charge >= 0.3 is 0 Å². The standard InChI is InChI=1S/C39H78NO2P/c1-6-8-10-12-14-16-18-20-21-22-24-26-28-30-32-34-36-43-39(40(3,4)5)38(42)37(41)35-33-31-29-27-25-23-19-17-15-13-11-9-7-2/h20-21,38-39,42H,6-19,22-36H2,1-5H3/b21-20-. The summed E-state index contributed by atoms with van der Waals surface area (Å²) in [5.41, 5.74) is 0. The maximum Gasteiger partial charge on any atom is 0.164 e. The number of likely N-dealkylation sites (N-methyl/N-ethyl adjacent to an activating group) is 1. The Morgan fingerprint density at radius 3 is 1.30 bits per heavy atom. The fraction of sp³-hybridized carbons (Fsp3) is 0.923. The summed E-state index contributed by atoms with van der Waals surface area (Å²) in [5, 5.41) is 11.0. The summed E-state index contributed by atoms with van der Waals surface area (Å²) < 4.78 is 0.652. The van der Waals surface area contributed by atoms with Gasteiger partial charge in [0.1, 0.15) is 6.10 Å². The van der Waals surface area contributed by atoms with Gasteiger partial charge in [0, 0.05) is 6.42 Å². The second kappa shape index (κ2) is 31.7. The molecular weight excluding hydrogens is 545 g/mol.